The van der Waals surface area contributed by atoms with Gasteiger partial charge in [-0.25, -0.2) is 4.98 Å². The molecule has 3 nitrogen and oxygen atoms in total. The molecule has 0 amide bonds. The van der Waals surface area contributed by atoms with E-state index in [0.29, 0.717) is 12.2 Å². The van der Waals surface area contributed by atoms with Gasteiger partial charge in [0, 0.05) is 0 Å². The third kappa shape index (κ3) is 1.48. The number of oxazole rings is 1. The Labute approximate surface area is 65.4 Å². The molecule has 0 aliphatic heterocycles. The Morgan fingerprint density at radius 3 is 2.45 bits per heavy atom. The number of carbonyl (C=O) groups excluding carboxylic acids is 1. The molecule has 0 unspecified atom stereocenters. The molecule has 0 saturated carbocycles. The molecule has 1 rings (SSSR count). The summed E-state index contributed by atoms with van der Waals surface area (Å²) in [4.78, 5) is 14.2. The molecule has 0 aliphatic rings. The molecule has 11 heavy (non-hydrogen) atoms. The van der Waals surface area contributed by atoms with Crippen LogP contribution in [0.4, 0.5) is 0 Å². The second-order valence-corrected chi connectivity index (χ2v) is 2.77. The van der Waals surface area contributed by atoms with E-state index >= 15 is 0 Å². The summed E-state index contributed by atoms with van der Waals surface area (Å²) in [5, 5.41) is 0. The molecule has 1 aromatic heterocycles. The van der Waals surface area contributed by atoms with Crippen LogP contribution in [0.15, 0.2) is 4.42 Å². The number of hydrogen-bond donors (Lipinski definition) is 0. The SMILES string of the molecule is Cc1oc(C=O)nc1C(C)C. The van der Waals surface area contributed by atoms with Gasteiger partial charge >= 0.3 is 0 Å². The minimum absolute atomic E-state index is 0.172. The highest BCUT2D eigenvalue weighted by Crippen LogP contribution is 2.17. The smallest absolute Gasteiger partial charge is 0.260 e. The van der Waals surface area contributed by atoms with Crippen molar-refractivity contribution in [2.45, 2.75) is 26.7 Å². The fraction of sp³-hybridized carbons (Fsp3) is 0.500. The summed E-state index contributed by atoms with van der Waals surface area (Å²) in [6, 6.07) is 0. The van der Waals surface area contributed by atoms with E-state index in [1.165, 1.54) is 0 Å². The third-order valence-corrected chi connectivity index (χ3v) is 1.50. The van der Waals surface area contributed by atoms with Crippen LogP contribution in [0, 0.1) is 6.92 Å². The van der Waals surface area contributed by atoms with Crippen molar-refractivity contribution in [3.8, 4) is 0 Å². The van der Waals surface area contributed by atoms with Crippen LogP contribution in [0.5, 0.6) is 0 Å². The van der Waals surface area contributed by atoms with Crippen molar-refractivity contribution < 1.29 is 9.21 Å². The van der Waals surface area contributed by atoms with Crippen LogP contribution in [0.3, 0.4) is 0 Å². The maximum absolute atomic E-state index is 10.2. The van der Waals surface area contributed by atoms with Crippen molar-refractivity contribution in [3.63, 3.8) is 0 Å². The number of aryl methyl sites for hydroxylation is 1. The fourth-order valence-corrected chi connectivity index (χ4v) is 1.02. The molecule has 0 fully saturated rings. The van der Waals surface area contributed by atoms with E-state index < -0.39 is 0 Å². The molecule has 1 heterocycles. The average molecular weight is 153 g/mol. The summed E-state index contributed by atoms with van der Waals surface area (Å²) < 4.78 is 5.05. The van der Waals surface area contributed by atoms with Crippen molar-refractivity contribution in [1.82, 2.24) is 4.98 Å². The van der Waals surface area contributed by atoms with E-state index in [2.05, 4.69) is 4.98 Å². The minimum atomic E-state index is 0.172. The molecule has 0 bridgehead atoms. The topological polar surface area (TPSA) is 43.1 Å². The lowest BCUT2D eigenvalue weighted by molar-refractivity contribution is 0.109. The predicted octanol–water partition coefficient (Wildman–Crippen LogP) is 1.92. The van der Waals surface area contributed by atoms with Crippen LogP contribution < -0.4 is 0 Å². The molecule has 0 aromatic carbocycles. The lowest BCUT2D eigenvalue weighted by Gasteiger charge is -1.97. The van der Waals surface area contributed by atoms with Crippen molar-refractivity contribution in [3.05, 3.63) is 17.3 Å². The number of aromatic nitrogens is 1. The third-order valence-electron chi connectivity index (χ3n) is 1.50. The monoisotopic (exact) mass is 153 g/mol. The molecular formula is C8H11NO2. The van der Waals surface area contributed by atoms with Gasteiger partial charge in [-0.2, -0.15) is 0 Å². The molecule has 1 aromatic rings. The van der Waals surface area contributed by atoms with Crippen LogP contribution in [-0.2, 0) is 0 Å². The number of aldehydes is 1. The van der Waals surface area contributed by atoms with Gasteiger partial charge in [-0.1, -0.05) is 13.8 Å². The van der Waals surface area contributed by atoms with E-state index in [9.17, 15) is 4.79 Å². The summed E-state index contributed by atoms with van der Waals surface area (Å²) >= 11 is 0. The lowest BCUT2D eigenvalue weighted by Crippen LogP contribution is -1.90. The van der Waals surface area contributed by atoms with Gasteiger partial charge in [-0.3, -0.25) is 4.79 Å². The van der Waals surface area contributed by atoms with E-state index in [1.54, 1.807) is 0 Å². The van der Waals surface area contributed by atoms with E-state index in [1.807, 2.05) is 20.8 Å². The standard InChI is InChI=1S/C8H11NO2/c1-5(2)8-6(3)11-7(4-10)9-8/h4-5H,1-3H3. The zero-order chi connectivity index (χ0) is 8.43. The molecule has 0 atom stereocenters. The highest BCUT2D eigenvalue weighted by molar-refractivity contribution is 5.67. The van der Waals surface area contributed by atoms with Crippen molar-refractivity contribution in [2.24, 2.45) is 0 Å². The first kappa shape index (κ1) is 7.98. The summed E-state index contributed by atoms with van der Waals surface area (Å²) in [5.74, 6) is 1.22. The van der Waals surface area contributed by atoms with Gasteiger partial charge in [0.05, 0.1) is 5.69 Å². The summed E-state index contributed by atoms with van der Waals surface area (Å²) in [6.45, 7) is 5.84. The Kier molecular flexibility index (Phi) is 2.08. The Balaban J connectivity index is 3.06. The zero-order valence-electron chi connectivity index (χ0n) is 6.92. The van der Waals surface area contributed by atoms with Crippen molar-refractivity contribution in [2.75, 3.05) is 0 Å². The van der Waals surface area contributed by atoms with Crippen LogP contribution in [0.2, 0.25) is 0 Å². The molecule has 0 saturated heterocycles. The normalized spacial score (nSPS) is 10.5. The van der Waals surface area contributed by atoms with Crippen LogP contribution >= 0.6 is 0 Å². The molecule has 60 valence electrons. The molecule has 0 aliphatic carbocycles. The summed E-state index contributed by atoms with van der Waals surface area (Å²) in [6.07, 6.45) is 0.624. The molecule has 0 N–H and O–H groups in total. The maximum Gasteiger partial charge on any atom is 0.260 e. The lowest BCUT2D eigenvalue weighted by atomic mass is 10.1. The largest absolute Gasteiger partial charge is 0.439 e. The molecular weight excluding hydrogens is 142 g/mol. The quantitative estimate of drug-likeness (QED) is 0.609. The highest BCUT2D eigenvalue weighted by Gasteiger charge is 2.11. The Morgan fingerprint density at radius 2 is 2.18 bits per heavy atom. The Hall–Kier alpha value is -1.12. The highest BCUT2D eigenvalue weighted by atomic mass is 16.4. The predicted molar refractivity (Wildman–Crippen MR) is 40.7 cm³/mol. The summed E-state index contributed by atoms with van der Waals surface area (Å²) in [7, 11) is 0. The van der Waals surface area contributed by atoms with Crippen molar-refractivity contribution in [1.29, 1.82) is 0 Å². The molecule has 0 radical (unpaired) electrons. The first-order valence-electron chi connectivity index (χ1n) is 3.57. The number of hydrogen-bond acceptors (Lipinski definition) is 3. The maximum atomic E-state index is 10.2. The minimum Gasteiger partial charge on any atom is -0.439 e. The van der Waals surface area contributed by atoms with E-state index in [4.69, 9.17) is 4.42 Å². The Bertz CT molecular complexity index is 263. The zero-order valence-corrected chi connectivity index (χ0v) is 6.92. The van der Waals surface area contributed by atoms with E-state index in [0.717, 1.165) is 11.5 Å². The molecule has 3 heteroatoms. The van der Waals surface area contributed by atoms with Crippen molar-refractivity contribution >= 4 is 6.29 Å². The van der Waals surface area contributed by atoms with Gasteiger partial charge in [0.2, 0.25) is 6.29 Å². The van der Waals surface area contributed by atoms with E-state index in [-0.39, 0.29) is 5.89 Å². The van der Waals surface area contributed by atoms with Crippen LogP contribution in [0.25, 0.3) is 0 Å². The first-order chi connectivity index (χ1) is 5.15. The summed E-state index contributed by atoms with van der Waals surface area (Å²) in [5.41, 5.74) is 0.868. The van der Waals surface area contributed by atoms with Gasteiger partial charge in [0.1, 0.15) is 5.76 Å². The van der Waals surface area contributed by atoms with Crippen LogP contribution in [0.1, 0.15) is 41.9 Å². The second kappa shape index (κ2) is 2.86. The van der Waals surface area contributed by atoms with Gasteiger partial charge in [0.15, 0.2) is 0 Å². The number of nitrogens with zero attached hydrogens (tertiary/aromatic N) is 1. The van der Waals surface area contributed by atoms with Gasteiger partial charge in [-0.05, 0) is 12.8 Å². The van der Waals surface area contributed by atoms with Gasteiger partial charge < -0.3 is 4.42 Å². The average Bonchev–Trinajstić information content (AvgIpc) is 2.30. The second-order valence-electron chi connectivity index (χ2n) is 2.77. The number of carbonyl (C=O) groups is 1. The first-order valence-corrected chi connectivity index (χ1v) is 3.57. The number of rotatable bonds is 2. The van der Waals surface area contributed by atoms with Crippen LogP contribution in [-0.4, -0.2) is 11.3 Å². The molecule has 0 spiro atoms. The fourth-order valence-electron chi connectivity index (χ4n) is 1.02. The Morgan fingerprint density at radius 1 is 1.55 bits per heavy atom. The van der Waals surface area contributed by atoms with Gasteiger partial charge in [-0.15, -0.1) is 0 Å². The van der Waals surface area contributed by atoms with Gasteiger partial charge in [0.25, 0.3) is 5.89 Å².